The number of benzene rings is 1. The number of piperidine rings is 2. The van der Waals surface area contributed by atoms with Crippen molar-refractivity contribution in [3.63, 3.8) is 0 Å². The van der Waals surface area contributed by atoms with Crippen LogP contribution in [-0.4, -0.2) is 48.0 Å². The van der Waals surface area contributed by atoms with Gasteiger partial charge in [0.25, 0.3) is 6.01 Å². The molecule has 6 nitrogen and oxygen atoms in total. The molecule has 156 valence electrons. The quantitative estimate of drug-likeness (QED) is 0.809. The number of para-hydroxylation sites is 2. The number of aromatic nitrogens is 1. The van der Waals surface area contributed by atoms with E-state index in [1.165, 1.54) is 0 Å². The van der Waals surface area contributed by atoms with Crippen LogP contribution in [0, 0.1) is 11.8 Å². The average Bonchev–Trinajstić information content (AvgIpc) is 3.12. The Bertz CT molecular complexity index is 741. The van der Waals surface area contributed by atoms with E-state index in [2.05, 4.69) is 21.7 Å². The van der Waals surface area contributed by atoms with Gasteiger partial charge in [0, 0.05) is 38.1 Å². The number of hydrogen-bond donors (Lipinski definition) is 1. The van der Waals surface area contributed by atoms with Gasteiger partial charge in [-0.25, -0.2) is 0 Å². The van der Waals surface area contributed by atoms with Crippen molar-refractivity contribution in [3.8, 4) is 0 Å². The summed E-state index contributed by atoms with van der Waals surface area (Å²) >= 11 is 0. The average molecular weight is 429 g/mol. The van der Waals surface area contributed by atoms with Gasteiger partial charge in [-0.2, -0.15) is 4.98 Å². The number of anilines is 1. The molecule has 2 unspecified atom stereocenters. The third-order valence-corrected chi connectivity index (χ3v) is 5.91. The van der Waals surface area contributed by atoms with E-state index < -0.39 is 0 Å². The van der Waals surface area contributed by atoms with E-state index in [4.69, 9.17) is 10.2 Å². The third kappa shape index (κ3) is 4.73. The van der Waals surface area contributed by atoms with E-state index >= 15 is 0 Å². The minimum absolute atomic E-state index is 0. The summed E-state index contributed by atoms with van der Waals surface area (Å²) in [4.78, 5) is 21.7. The lowest BCUT2D eigenvalue weighted by Crippen LogP contribution is -2.49. The smallest absolute Gasteiger partial charge is 0.298 e. The molecule has 1 aromatic heterocycles. The van der Waals surface area contributed by atoms with Crippen LogP contribution in [0.1, 0.15) is 32.6 Å². The molecule has 8 heteroatoms. The lowest BCUT2D eigenvalue weighted by molar-refractivity contribution is -0.138. The molecule has 2 saturated heterocycles. The molecule has 3 heterocycles. The largest absolute Gasteiger partial charge is 0.423 e. The molecule has 0 radical (unpaired) electrons. The molecule has 4 rings (SSSR count). The second-order valence-corrected chi connectivity index (χ2v) is 7.77. The highest BCUT2D eigenvalue weighted by molar-refractivity contribution is 5.85. The van der Waals surface area contributed by atoms with E-state index in [-0.39, 0.29) is 36.8 Å². The third-order valence-electron chi connectivity index (χ3n) is 5.91. The Hall–Kier alpha value is -1.50. The molecule has 0 saturated carbocycles. The van der Waals surface area contributed by atoms with E-state index in [0.717, 1.165) is 63.0 Å². The first kappa shape index (κ1) is 22.8. The highest BCUT2D eigenvalue weighted by atomic mass is 35.5. The number of hydrogen-bond acceptors (Lipinski definition) is 5. The van der Waals surface area contributed by atoms with Crippen molar-refractivity contribution in [2.45, 2.75) is 38.6 Å². The predicted molar refractivity (Wildman–Crippen MR) is 116 cm³/mol. The number of halogens is 2. The summed E-state index contributed by atoms with van der Waals surface area (Å²) in [5.74, 6) is 0.863. The number of nitrogens with zero attached hydrogens (tertiary/aromatic N) is 3. The van der Waals surface area contributed by atoms with Gasteiger partial charge in [-0.05, 0) is 50.7 Å². The summed E-state index contributed by atoms with van der Waals surface area (Å²) in [5.41, 5.74) is 7.76. The van der Waals surface area contributed by atoms with Gasteiger partial charge in [-0.3, -0.25) is 4.79 Å². The number of fused-ring (bicyclic) bond motifs is 1. The highest BCUT2D eigenvalue weighted by Gasteiger charge is 2.33. The molecule has 28 heavy (non-hydrogen) atoms. The number of amides is 1. The van der Waals surface area contributed by atoms with Crippen molar-refractivity contribution >= 4 is 47.8 Å². The fourth-order valence-corrected chi connectivity index (χ4v) is 4.21. The predicted octanol–water partition coefficient (Wildman–Crippen LogP) is 3.47. The van der Waals surface area contributed by atoms with Crippen molar-refractivity contribution < 1.29 is 9.21 Å². The molecule has 2 fully saturated rings. The summed E-state index contributed by atoms with van der Waals surface area (Å²) in [5, 5.41) is 0. The molecule has 0 bridgehead atoms. The first-order chi connectivity index (χ1) is 12.6. The molecule has 1 aromatic carbocycles. The van der Waals surface area contributed by atoms with Crippen LogP contribution in [0.3, 0.4) is 0 Å². The first-order valence-electron chi connectivity index (χ1n) is 9.76. The summed E-state index contributed by atoms with van der Waals surface area (Å²) < 4.78 is 5.87. The van der Waals surface area contributed by atoms with E-state index in [0.29, 0.717) is 17.8 Å². The lowest BCUT2D eigenvalue weighted by atomic mass is 9.89. The van der Waals surface area contributed by atoms with E-state index in [1.54, 1.807) is 0 Å². The SMILES string of the molecule is CC(N)C1CCCN(C(=O)C2CCN(c3nc4ccccc4o3)CC2)C1.Cl.Cl. The van der Waals surface area contributed by atoms with Crippen molar-refractivity contribution in [3.05, 3.63) is 24.3 Å². The molecule has 2 aromatic rings. The van der Waals surface area contributed by atoms with Gasteiger partial charge in [0.15, 0.2) is 5.58 Å². The van der Waals surface area contributed by atoms with Gasteiger partial charge in [-0.15, -0.1) is 24.8 Å². The van der Waals surface area contributed by atoms with Gasteiger partial charge in [0.2, 0.25) is 5.91 Å². The molecule has 2 atom stereocenters. The Balaban J connectivity index is 0.00000140. The number of nitrogens with two attached hydrogens (primary N) is 1. The number of carbonyl (C=O) groups excluding carboxylic acids is 1. The fourth-order valence-electron chi connectivity index (χ4n) is 4.21. The van der Waals surface area contributed by atoms with Crippen molar-refractivity contribution in [2.75, 3.05) is 31.1 Å². The van der Waals surface area contributed by atoms with Crippen LogP contribution in [0.15, 0.2) is 28.7 Å². The topological polar surface area (TPSA) is 75.6 Å². The number of likely N-dealkylation sites (tertiary alicyclic amines) is 1. The van der Waals surface area contributed by atoms with Crippen molar-refractivity contribution in [2.24, 2.45) is 17.6 Å². The van der Waals surface area contributed by atoms with Crippen LogP contribution < -0.4 is 10.6 Å². The van der Waals surface area contributed by atoms with Crippen LogP contribution in [0.5, 0.6) is 0 Å². The second kappa shape index (κ2) is 9.81. The van der Waals surface area contributed by atoms with Crippen LogP contribution >= 0.6 is 24.8 Å². The zero-order chi connectivity index (χ0) is 18.1. The molecule has 1 amide bonds. The van der Waals surface area contributed by atoms with Crippen LogP contribution in [0.25, 0.3) is 11.1 Å². The van der Waals surface area contributed by atoms with Gasteiger partial charge in [0.1, 0.15) is 5.52 Å². The fraction of sp³-hybridized carbons (Fsp3) is 0.600. The Labute approximate surface area is 178 Å². The van der Waals surface area contributed by atoms with Crippen molar-refractivity contribution in [1.29, 1.82) is 0 Å². The lowest BCUT2D eigenvalue weighted by Gasteiger charge is -2.38. The summed E-state index contributed by atoms with van der Waals surface area (Å²) in [6.45, 7) is 5.38. The minimum Gasteiger partial charge on any atom is -0.423 e. The monoisotopic (exact) mass is 428 g/mol. The zero-order valence-corrected chi connectivity index (χ0v) is 17.9. The van der Waals surface area contributed by atoms with E-state index in [1.807, 2.05) is 24.3 Å². The van der Waals surface area contributed by atoms with Crippen molar-refractivity contribution in [1.82, 2.24) is 9.88 Å². The summed E-state index contributed by atoms with van der Waals surface area (Å²) in [6.07, 6.45) is 3.92. The summed E-state index contributed by atoms with van der Waals surface area (Å²) in [7, 11) is 0. The number of rotatable bonds is 3. The van der Waals surface area contributed by atoms with E-state index in [9.17, 15) is 4.79 Å². The Morgan fingerprint density at radius 3 is 2.57 bits per heavy atom. The molecule has 0 aliphatic carbocycles. The molecule has 2 aliphatic heterocycles. The maximum atomic E-state index is 12.9. The highest BCUT2D eigenvalue weighted by Crippen LogP contribution is 2.28. The van der Waals surface area contributed by atoms with Gasteiger partial charge < -0.3 is 20.0 Å². The zero-order valence-electron chi connectivity index (χ0n) is 16.3. The van der Waals surface area contributed by atoms with Gasteiger partial charge in [0.05, 0.1) is 0 Å². The Morgan fingerprint density at radius 1 is 1.18 bits per heavy atom. The normalized spacial score (nSPS) is 21.7. The van der Waals surface area contributed by atoms with Crippen LogP contribution in [0.2, 0.25) is 0 Å². The van der Waals surface area contributed by atoms with Gasteiger partial charge in [-0.1, -0.05) is 12.1 Å². The first-order valence-corrected chi connectivity index (χ1v) is 9.76. The Morgan fingerprint density at radius 2 is 1.89 bits per heavy atom. The standard InChI is InChI=1S/C20H28N4O2.2ClH/c1-14(21)16-5-4-10-24(13-16)19(25)15-8-11-23(12-9-15)20-22-17-6-2-3-7-18(17)26-20;;/h2-3,6-7,14-16H,4-5,8-13,21H2,1H3;2*1H. The molecule has 0 spiro atoms. The second-order valence-electron chi connectivity index (χ2n) is 7.77. The molecule has 2 aliphatic rings. The van der Waals surface area contributed by atoms with Crippen LogP contribution in [0.4, 0.5) is 6.01 Å². The minimum atomic E-state index is 0. The maximum Gasteiger partial charge on any atom is 0.298 e. The molecular weight excluding hydrogens is 399 g/mol. The molecular formula is C20H30Cl2N4O2. The van der Waals surface area contributed by atoms with Gasteiger partial charge >= 0.3 is 0 Å². The summed E-state index contributed by atoms with van der Waals surface area (Å²) in [6, 6.07) is 8.65. The Kier molecular flexibility index (Phi) is 7.98. The maximum absolute atomic E-state index is 12.9. The number of carbonyl (C=O) groups is 1. The molecule has 2 N–H and O–H groups in total. The van der Waals surface area contributed by atoms with Crippen LogP contribution in [-0.2, 0) is 4.79 Å². The number of oxazole rings is 1.